The highest BCUT2D eigenvalue weighted by Gasteiger charge is 2.35. The molecule has 1 aliphatic heterocycles. The number of rotatable bonds is 3. The summed E-state index contributed by atoms with van der Waals surface area (Å²) in [6, 6.07) is 2.53. The Morgan fingerprint density at radius 2 is 2.16 bits per heavy atom. The van der Waals surface area contributed by atoms with Gasteiger partial charge in [0.05, 0.1) is 10.4 Å². The summed E-state index contributed by atoms with van der Waals surface area (Å²) >= 11 is 3.02. The lowest BCUT2D eigenvalue weighted by atomic mass is 9.99. The second kappa shape index (κ2) is 5.54. The Bertz CT molecular complexity index is 510. The van der Waals surface area contributed by atoms with Crippen molar-refractivity contribution >= 4 is 21.9 Å². The maximum Gasteiger partial charge on any atom is 0.308 e. The van der Waals surface area contributed by atoms with Crippen molar-refractivity contribution in [3.05, 3.63) is 33.8 Å². The average molecular weight is 334 g/mol. The smallest absolute Gasteiger partial charge is 0.308 e. The molecule has 1 fully saturated rings. The van der Waals surface area contributed by atoms with Crippen LogP contribution in [0, 0.1) is 23.5 Å². The predicted molar refractivity (Wildman–Crippen MR) is 69.6 cm³/mol. The Hall–Kier alpha value is -1.01. The van der Waals surface area contributed by atoms with Crippen molar-refractivity contribution in [3.8, 4) is 0 Å². The zero-order valence-electron chi connectivity index (χ0n) is 10.4. The number of nitrogens with zero attached hydrogens (tertiary/aromatic N) is 1. The van der Waals surface area contributed by atoms with Crippen LogP contribution in [-0.2, 0) is 11.3 Å². The first-order valence-electron chi connectivity index (χ1n) is 5.97. The molecule has 0 spiro atoms. The highest BCUT2D eigenvalue weighted by molar-refractivity contribution is 9.10. The summed E-state index contributed by atoms with van der Waals surface area (Å²) in [5, 5.41) is 9.04. The first kappa shape index (κ1) is 14.4. The van der Waals surface area contributed by atoms with Gasteiger partial charge in [0.1, 0.15) is 11.6 Å². The molecular weight excluding hydrogens is 320 g/mol. The van der Waals surface area contributed by atoms with Gasteiger partial charge in [0.25, 0.3) is 0 Å². The van der Waals surface area contributed by atoms with Crippen LogP contribution in [0.3, 0.4) is 0 Å². The molecule has 3 nitrogen and oxygen atoms in total. The van der Waals surface area contributed by atoms with E-state index in [1.807, 2.05) is 6.92 Å². The summed E-state index contributed by atoms with van der Waals surface area (Å²) in [5.41, 5.74) is -0.0207. The first-order valence-corrected chi connectivity index (χ1v) is 6.77. The molecule has 1 saturated heterocycles. The molecule has 104 valence electrons. The number of hydrogen-bond acceptors (Lipinski definition) is 2. The molecule has 0 unspecified atom stereocenters. The summed E-state index contributed by atoms with van der Waals surface area (Å²) < 4.78 is 27.7. The summed E-state index contributed by atoms with van der Waals surface area (Å²) in [4.78, 5) is 12.8. The molecule has 1 aromatic rings. The highest BCUT2D eigenvalue weighted by Crippen LogP contribution is 2.28. The monoisotopic (exact) mass is 333 g/mol. The lowest BCUT2D eigenvalue weighted by molar-refractivity contribution is -0.142. The van der Waals surface area contributed by atoms with Crippen molar-refractivity contribution in [3.63, 3.8) is 0 Å². The van der Waals surface area contributed by atoms with Gasteiger partial charge in [-0.2, -0.15) is 0 Å². The number of carbonyl (C=O) groups is 1. The van der Waals surface area contributed by atoms with Crippen LogP contribution in [0.4, 0.5) is 8.78 Å². The van der Waals surface area contributed by atoms with Gasteiger partial charge in [0, 0.05) is 25.2 Å². The Kier molecular flexibility index (Phi) is 4.20. The average Bonchev–Trinajstić information content (AvgIpc) is 2.71. The third-order valence-corrected chi connectivity index (χ3v) is 4.14. The Morgan fingerprint density at radius 1 is 1.47 bits per heavy atom. The van der Waals surface area contributed by atoms with E-state index >= 15 is 0 Å². The van der Waals surface area contributed by atoms with E-state index in [9.17, 15) is 13.6 Å². The lowest BCUT2D eigenvalue weighted by Gasteiger charge is -2.16. The van der Waals surface area contributed by atoms with E-state index in [0.717, 1.165) is 0 Å². The van der Waals surface area contributed by atoms with Gasteiger partial charge in [-0.15, -0.1) is 0 Å². The zero-order valence-corrected chi connectivity index (χ0v) is 12.0. The lowest BCUT2D eigenvalue weighted by Crippen LogP contribution is -2.24. The number of carboxylic acids is 1. The third-order valence-electron chi connectivity index (χ3n) is 3.53. The fourth-order valence-electron chi connectivity index (χ4n) is 2.46. The van der Waals surface area contributed by atoms with Crippen LogP contribution < -0.4 is 0 Å². The summed E-state index contributed by atoms with van der Waals surface area (Å²) in [6.45, 7) is 2.78. The van der Waals surface area contributed by atoms with Gasteiger partial charge in [-0.1, -0.05) is 6.92 Å². The van der Waals surface area contributed by atoms with Gasteiger partial charge in [0.2, 0.25) is 0 Å². The minimum absolute atomic E-state index is 0.0178. The second-order valence-electron chi connectivity index (χ2n) is 4.94. The standard InChI is InChI=1S/C13H14BrF2NO2/c1-7-4-17(5-8(7)13(18)19)6-9-11(15)3-2-10(14)12(9)16/h2-3,7-8H,4-6H2,1H3,(H,18,19)/t7-,8-/m1/s1. The highest BCUT2D eigenvalue weighted by atomic mass is 79.9. The van der Waals surface area contributed by atoms with Gasteiger partial charge >= 0.3 is 5.97 Å². The fraction of sp³-hybridized carbons (Fsp3) is 0.462. The van der Waals surface area contributed by atoms with Crippen LogP contribution >= 0.6 is 15.9 Å². The van der Waals surface area contributed by atoms with E-state index in [-0.39, 0.29) is 22.5 Å². The largest absolute Gasteiger partial charge is 0.481 e. The zero-order chi connectivity index (χ0) is 14.2. The van der Waals surface area contributed by atoms with E-state index in [2.05, 4.69) is 15.9 Å². The SMILES string of the molecule is C[C@@H]1CN(Cc2c(F)ccc(Br)c2F)C[C@H]1C(=O)O. The van der Waals surface area contributed by atoms with Crippen molar-refractivity contribution < 1.29 is 18.7 Å². The number of benzene rings is 1. The molecule has 0 saturated carbocycles. The van der Waals surface area contributed by atoms with Gasteiger partial charge in [-0.05, 0) is 34.0 Å². The van der Waals surface area contributed by atoms with Crippen LogP contribution in [0.2, 0.25) is 0 Å². The van der Waals surface area contributed by atoms with Gasteiger partial charge in [0.15, 0.2) is 0 Å². The van der Waals surface area contributed by atoms with Crippen molar-refractivity contribution in [2.45, 2.75) is 13.5 Å². The molecule has 2 rings (SSSR count). The van der Waals surface area contributed by atoms with Crippen LogP contribution in [0.15, 0.2) is 16.6 Å². The van der Waals surface area contributed by atoms with Crippen molar-refractivity contribution in [1.82, 2.24) is 4.90 Å². The number of likely N-dealkylation sites (tertiary alicyclic amines) is 1. The van der Waals surface area contributed by atoms with Crippen LogP contribution in [-0.4, -0.2) is 29.1 Å². The Morgan fingerprint density at radius 3 is 2.74 bits per heavy atom. The molecule has 1 aliphatic rings. The van der Waals surface area contributed by atoms with E-state index in [4.69, 9.17) is 5.11 Å². The van der Waals surface area contributed by atoms with Gasteiger partial charge < -0.3 is 5.11 Å². The minimum Gasteiger partial charge on any atom is -0.481 e. The molecule has 0 bridgehead atoms. The number of aliphatic carboxylic acids is 1. The van der Waals surface area contributed by atoms with Crippen molar-refractivity contribution in [1.29, 1.82) is 0 Å². The third kappa shape index (κ3) is 2.95. The summed E-state index contributed by atoms with van der Waals surface area (Å²) in [5.74, 6) is -2.57. The van der Waals surface area contributed by atoms with Crippen molar-refractivity contribution in [2.24, 2.45) is 11.8 Å². The maximum absolute atomic E-state index is 13.8. The minimum atomic E-state index is -0.856. The molecule has 0 aromatic heterocycles. The summed E-state index contributed by atoms with van der Waals surface area (Å²) in [6.07, 6.45) is 0. The quantitative estimate of drug-likeness (QED) is 0.864. The molecule has 19 heavy (non-hydrogen) atoms. The normalized spacial score (nSPS) is 23.8. The van der Waals surface area contributed by atoms with E-state index < -0.39 is 23.5 Å². The molecule has 0 radical (unpaired) electrons. The van der Waals surface area contributed by atoms with Crippen LogP contribution in [0.25, 0.3) is 0 Å². The van der Waals surface area contributed by atoms with Crippen LogP contribution in [0.5, 0.6) is 0 Å². The molecule has 2 atom stereocenters. The number of carboxylic acid groups (broad SMARTS) is 1. The molecule has 6 heteroatoms. The van der Waals surface area contributed by atoms with Gasteiger partial charge in [-0.3, -0.25) is 9.69 Å². The maximum atomic E-state index is 13.8. The Balaban J connectivity index is 2.15. The second-order valence-corrected chi connectivity index (χ2v) is 5.79. The molecule has 0 aliphatic carbocycles. The van der Waals surface area contributed by atoms with E-state index in [1.54, 1.807) is 4.90 Å². The number of halogens is 3. The summed E-state index contributed by atoms with van der Waals surface area (Å²) in [7, 11) is 0. The first-order chi connectivity index (χ1) is 8.90. The molecule has 1 heterocycles. The fourth-order valence-corrected chi connectivity index (χ4v) is 2.83. The van der Waals surface area contributed by atoms with E-state index in [1.165, 1.54) is 12.1 Å². The molecular formula is C13H14BrF2NO2. The Labute approximate surface area is 118 Å². The van der Waals surface area contributed by atoms with Crippen molar-refractivity contribution in [2.75, 3.05) is 13.1 Å². The number of hydrogen-bond donors (Lipinski definition) is 1. The molecule has 0 amide bonds. The van der Waals surface area contributed by atoms with Crippen LogP contribution in [0.1, 0.15) is 12.5 Å². The molecule has 1 N–H and O–H groups in total. The van der Waals surface area contributed by atoms with E-state index in [0.29, 0.717) is 13.1 Å². The predicted octanol–water partition coefficient (Wildman–Crippen LogP) is 2.88. The topological polar surface area (TPSA) is 40.5 Å². The molecule has 1 aromatic carbocycles. The van der Waals surface area contributed by atoms with Gasteiger partial charge in [-0.25, -0.2) is 8.78 Å².